The summed E-state index contributed by atoms with van der Waals surface area (Å²) in [6, 6.07) is 7.85. The normalized spacial score (nSPS) is 18.6. The van der Waals surface area contributed by atoms with E-state index in [1.807, 2.05) is 17.9 Å². The van der Waals surface area contributed by atoms with Gasteiger partial charge in [-0.05, 0) is 42.3 Å². The van der Waals surface area contributed by atoms with Crippen molar-refractivity contribution in [1.82, 2.24) is 14.8 Å². The zero-order valence-corrected chi connectivity index (χ0v) is 18.1. The predicted octanol–water partition coefficient (Wildman–Crippen LogP) is 4.83. The monoisotopic (exact) mass is 452 g/mol. The maximum absolute atomic E-state index is 13.5. The van der Waals surface area contributed by atoms with E-state index < -0.39 is 5.91 Å². The number of likely N-dealkylation sites (N-methyl/N-ethyl adjacent to an activating group) is 1. The molecule has 1 saturated heterocycles. The molecule has 1 aromatic carbocycles. The van der Waals surface area contributed by atoms with Crippen LogP contribution in [0.5, 0.6) is 0 Å². The van der Waals surface area contributed by atoms with Gasteiger partial charge >= 0.3 is 0 Å². The summed E-state index contributed by atoms with van der Waals surface area (Å²) < 4.78 is 0. The molecule has 1 aromatic heterocycles. The van der Waals surface area contributed by atoms with Gasteiger partial charge in [0.15, 0.2) is 0 Å². The van der Waals surface area contributed by atoms with Crippen molar-refractivity contribution < 1.29 is 9.90 Å². The molecule has 0 radical (unpaired) electrons. The van der Waals surface area contributed by atoms with E-state index in [2.05, 4.69) is 9.98 Å². The Kier molecular flexibility index (Phi) is 6.67. The molecule has 1 amide bonds. The molecule has 1 unspecified atom stereocenters. The molecule has 1 N–H and O–H groups in total. The quantitative estimate of drug-likeness (QED) is 0.409. The second-order valence-corrected chi connectivity index (χ2v) is 7.63. The van der Waals surface area contributed by atoms with Crippen LogP contribution in [-0.2, 0) is 4.79 Å². The molecule has 1 fully saturated rings. The molecular weight excluding hydrogens is 435 g/mol. The zero-order valence-electron chi connectivity index (χ0n) is 15.8. The van der Waals surface area contributed by atoms with E-state index >= 15 is 0 Å². The van der Waals surface area contributed by atoms with Crippen LogP contribution < -0.4 is 0 Å². The number of amides is 1. The number of carbonyl (C=O) groups is 1. The molecular formula is C20H19Cl3N4O2. The fourth-order valence-corrected chi connectivity index (χ4v) is 3.98. The molecule has 1 aliphatic rings. The Morgan fingerprint density at radius 1 is 1.28 bits per heavy atom. The van der Waals surface area contributed by atoms with Crippen LogP contribution in [0.3, 0.4) is 0 Å². The van der Waals surface area contributed by atoms with Gasteiger partial charge in [-0.15, -0.1) is 0 Å². The Bertz CT molecular complexity index is 956. The number of aromatic nitrogens is 1. The van der Waals surface area contributed by atoms with Gasteiger partial charge in [0, 0.05) is 36.4 Å². The first-order valence-electron chi connectivity index (χ1n) is 8.87. The minimum Gasteiger partial charge on any atom is -0.515 e. The van der Waals surface area contributed by atoms with Crippen molar-refractivity contribution in [2.75, 3.05) is 20.1 Å². The number of halogens is 3. The van der Waals surface area contributed by atoms with Gasteiger partial charge in [-0.1, -0.05) is 40.9 Å². The Labute approximate surface area is 184 Å². The minimum atomic E-state index is -0.428. The lowest BCUT2D eigenvalue weighted by atomic mass is 10.0. The van der Waals surface area contributed by atoms with Crippen molar-refractivity contribution in [3.8, 4) is 0 Å². The third-order valence-electron chi connectivity index (χ3n) is 4.67. The Hall–Kier alpha value is -2.28. The Balaban J connectivity index is 2.06. The van der Waals surface area contributed by atoms with E-state index in [0.29, 0.717) is 39.8 Å². The lowest BCUT2D eigenvalue weighted by Gasteiger charge is -2.25. The Morgan fingerprint density at radius 3 is 2.48 bits per heavy atom. The number of pyridine rings is 1. The number of aliphatic imine (C=N–C) groups is 1. The van der Waals surface area contributed by atoms with Crippen LogP contribution in [0.4, 0.5) is 0 Å². The lowest BCUT2D eigenvalue weighted by Crippen LogP contribution is -2.39. The van der Waals surface area contributed by atoms with Crippen molar-refractivity contribution in [2.24, 2.45) is 4.99 Å². The molecule has 9 heteroatoms. The molecule has 3 rings (SSSR count). The van der Waals surface area contributed by atoms with Crippen LogP contribution in [0.2, 0.25) is 15.2 Å². The number of carbonyl (C=O) groups excluding carboxylic acids is 1. The predicted molar refractivity (Wildman–Crippen MR) is 117 cm³/mol. The summed E-state index contributed by atoms with van der Waals surface area (Å²) in [5.41, 5.74) is 1.27. The first kappa shape index (κ1) is 21.4. The molecule has 0 saturated carbocycles. The molecule has 1 aliphatic heterocycles. The van der Waals surface area contributed by atoms with E-state index in [4.69, 9.17) is 34.8 Å². The molecule has 0 spiro atoms. The van der Waals surface area contributed by atoms with Crippen LogP contribution in [0, 0.1) is 0 Å². The smallest absolute Gasteiger partial charge is 0.264 e. The average molecular weight is 454 g/mol. The fourth-order valence-electron chi connectivity index (χ4n) is 3.35. The molecule has 0 bridgehead atoms. The largest absolute Gasteiger partial charge is 0.515 e. The number of aliphatic hydroxyl groups excluding tert-OH is 1. The highest BCUT2D eigenvalue weighted by atomic mass is 35.5. The van der Waals surface area contributed by atoms with Crippen molar-refractivity contribution >= 4 is 52.2 Å². The van der Waals surface area contributed by atoms with E-state index in [0.717, 1.165) is 11.8 Å². The SMILES string of the molecule is CCN1CC(c2ccc(Cl)nc2)N(C(=O)C(=CO)c2cc(Cl)cc(Cl)c2)C1=NC. The number of rotatable bonds is 4. The second-order valence-electron chi connectivity index (χ2n) is 6.37. The molecule has 29 heavy (non-hydrogen) atoms. The fraction of sp³-hybridized carbons (Fsp3) is 0.250. The summed E-state index contributed by atoms with van der Waals surface area (Å²) in [6.07, 6.45) is 2.40. The number of hydrogen-bond acceptors (Lipinski definition) is 4. The van der Waals surface area contributed by atoms with Gasteiger partial charge in [0.25, 0.3) is 5.91 Å². The molecule has 152 valence electrons. The second kappa shape index (κ2) is 9.03. The summed E-state index contributed by atoms with van der Waals surface area (Å²) in [5.74, 6) is 0.0762. The van der Waals surface area contributed by atoms with Gasteiger partial charge in [0.1, 0.15) is 5.15 Å². The van der Waals surface area contributed by atoms with E-state index in [-0.39, 0.29) is 11.6 Å². The lowest BCUT2D eigenvalue weighted by molar-refractivity contribution is -0.122. The number of hydrogen-bond donors (Lipinski definition) is 1. The number of guanidine groups is 1. The van der Waals surface area contributed by atoms with E-state index in [9.17, 15) is 9.90 Å². The van der Waals surface area contributed by atoms with Crippen LogP contribution in [-0.4, -0.2) is 51.9 Å². The third-order valence-corrected chi connectivity index (χ3v) is 5.33. The zero-order chi connectivity index (χ0) is 21.1. The van der Waals surface area contributed by atoms with Crippen LogP contribution in [0.15, 0.2) is 47.8 Å². The number of nitrogens with zero attached hydrogens (tertiary/aromatic N) is 4. The minimum absolute atomic E-state index is 0.0559. The summed E-state index contributed by atoms with van der Waals surface area (Å²) in [7, 11) is 1.62. The first-order chi connectivity index (χ1) is 13.9. The summed E-state index contributed by atoms with van der Waals surface area (Å²) >= 11 is 18.1. The molecule has 6 nitrogen and oxygen atoms in total. The van der Waals surface area contributed by atoms with Crippen LogP contribution in [0.1, 0.15) is 24.1 Å². The Morgan fingerprint density at radius 2 is 1.97 bits per heavy atom. The molecule has 2 heterocycles. The van der Waals surface area contributed by atoms with E-state index in [1.165, 1.54) is 0 Å². The highest BCUT2D eigenvalue weighted by Crippen LogP contribution is 2.34. The summed E-state index contributed by atoms with van der Waals surface area (Å²) in [4.78, 5) is 25.5. The van der Waals surface area contributed by atoms with Gasteiger partial charge < -0.3 is 10.0 Å². The highest BCUT2D eigenvalue weighted by molar-refractivity contribution is 6.35. The topological polar surface area (TPSA) is 69.0 Å². The van der Waals surface area contributed by atoms with Crippen molar-refractivity contribution in [2.45, 2.75) is 13.0 Å². The van der Waals surface area contributed by atoms with Gasteiger partial charge in [-0.25, -0.2) is 4.98 Å². The van der Waals surface area contributed by atoms with Crippen LogP contribution in [0.25, 0.3) is 5.57 Å². The van der Waals surface area contributed by atoms with Crippen molar-refractivity contribution in [3.05, 3.63) is 69.1 Å². The van der Waals surface area contributed by atoms with Crippen LogP contribution >= 0.6 is 34.8 Å². The van der Waals surface area contributed by atoms with Gasteiger partial charge in [-0.3, -0.25) is 14.7 Å². The standard InChI is InChI=1S/C20H19Cl3N4O2/c1-3-26-10-17(12-4-5-18(23)25-9-12)27(20(26)24-2)19(29)16(11-28)13-6-14(21)8-15(22)7-13/h4-9,11,17,28H,3,10H2,1-2H3. The highest BCUT2D eigenvalue weighted by Gasteiger charge is 2.41. The van der Waals surface area contributed by atoms with Gasteiger partial charge in [-0.2, -0.15) is 0 Å². The summed E-state index contributed by atoms with van der Waals surface area (Å²) in [5, 5.41) is 11.0. The first-order valence-corrected chi connectivity index (χ1v) is 10.0. The molecule has 2 aromatic rings. The molecule has 0 aliphatic carbocycles. The van der Waals surface area contributed by atoms with Gasteiger partial charge in [0.05, 0.1) is 17.9 Å². The third kappa shape index (κ3) is 4.34. The maximum Gasteiger partial charge on any atom is 0.264 e. The summed E-state index contributed by atoms with van der Waals surface area (Å²) in [6.45, 7) is 3.18. The van der Waals surface area contributed by atoms with Gasteiger partial charge in [0.2, 0.25) is 5.96 Å². The number of aliphatic hydroxyl groups is 1. The van der Waals surface area contributed by atoms with Crippen molar-refractivity contribution in [1.29, 1.82) is 0 Å². The number of benzene rings is 1. The molecule has 1 atom stereocenters. The van der Waals surface area contributed by atoms with E-state index in [1.54, 1.807) is 42.4 Å². The van der Waals surface area contributed by atoms with Crippen molar-refractivity contribution in [3.63, 3.8) is 0 Å². The maximum atomic E-state index is 13.5. The average Bonchev–Trinajstić information content (AvgIpc) is 3.07.